The van der Waals surface area contributed by atoms with E-state index < -0.39 is 11.6 Å². The lowest BCUT2D eigenvalue weighted by Gasteiger charge is -2.29. The number of hydrogen-bond donors (Lipinski definition) is 1. The fraction of sp³-hybridized carbons (Fsp3) is 0.652. The van der Waals surface area contributed by atoms with E-state index in [1.807, 2.05) is 27.7 Å². The Bertz CT molecular complexity index is 651. The molecule has 0 aliphatic carbocycles. The number of nitrogens with one attached hydrogen (secondary N) is 1. The molecule has 0 spiro atoms. The van der Waals surface area contributed by atoms with Gasteiger partial charge in [-0.15, -0.1) is 0 Å². The van der Waals surface area contributed by atoms with Crippen LogP contribution in [0.25, 0.3) is 0 Å². The van der Waals surface area contributed by atoms with Crippen LogP contribution in [0, 0.1) is 0 Å². The summed E-state index contributed by atoms with van der Waals surface area (Å²) in [5.74, 6) is -0.241. The largest absolute Gasteiger partial charge is 0.490 e. The summed E-state index contributed by atoms with van der Waals surface area (Å²) < 4.78 is 16.9. The number of esters is 1. The van der Waals surface area contributed by atoms with Crippen molar-refractivity contribution in [3.05, 3.63) is 23.8 Å². The molecule has 2 atom stereocenters. The standard InChI is InChI=1S/C23H37NO5/c1-7-11-14-23(6,28-15-8-2)22(26)24-18-12-13-20(29-17(5)9-3)19(16-18)21(25)27-10-4/h12-13,16-17H,7-11,14-15H2,1-6H3,(H,24,26). The van der Waals surface area contributed by atoms with Gasteiger partial charge in [0, 0.05) is 12.3 Å². The summed E-state index contributed by atoms with van der Waals surface area (Å²) in [6.07, 6.45) is 4.11. The fourth-order valence-electron chi connectivity index (χ4n) is 2.73. The van der Waals surface area contributed by atoms with Gasteiger partial charge in [-0.25, -0.2) is 4.79 Å². The van der Waals surface area contributed by atoms with Gasteiger partial charge in [0.1, 0.15) is 16.9 Å². The molecule has 0 saturated heterocycles. The Morgan fingerprint density at radius 1 is 1.14 bits per heavy atom. The number of rotatable bonds is 13. The first kappa shape index (κ1) is 25.0. The molecule has 1 amide bonds. The number of carbonyl (C=O) groups excluding carboxylic acids is 2. The molecule has 1 N–H and O–H groups in total. The minimum Gasteiger partial charge on any atom is -0.490 e. The molecular weight excluding hydrogens is 370 g/mol. The number of ether oxygens (including phenoxy) is 3. The minimum absolute atomic E-state index is 0.0385. The zero-order valence-electron chi connectivity index (χ0n) is 18.8. The van der Waals surface area contributed by atoms with Crippen LogP contribution in [-0.2, 0) is 14.3 Å². The molecule has 0 fully saturated rings. The van der Waals surface area contributed by atoms with Crippen LogP contribution in [0.5, 0.6) is 5.75 Å². The van der Waals surface area contributed by atoms with E-state index in [1.165, 1.54) is 0 Å². The first-order chi connectivity index (χ1) is 13.8. The predicted molar refractivity (Wildman–Crippen MR) is 116 cm³/mol. The molecule has 0 bridgehead atoms. The summed E-state index contributed by atoms with van der Waals surface area (Å²) in [7, 11) is 0. The third kappa shape index (κ3) is 7.69. The molecule has 1 rings (SSSR count). The molecule has 0 radical (unpaired) electrons. The second kappa shape index (κ2) is 12.5. The van der Waals surface area contributed by atoms with E-state index >= 15 is 0 Å². The number of carbonyl (C=O) groups is 2. The van der Waals surface area contributed by atoms with Crippen LogP contribution in [0.15, 0.2) is 18.2 Å². The van der Waals surface area contributed by atoms with Crippen molar-refractivity contribution in [1.82, 2.24) is 0 Å². The Morgan fingerprint density at radius 3 is 2.45 bits per heavy atom. The normalized spacial score (nSPS) is 14.0. The number of unbranched alkanes of at least 4 members (excludes halogenated alkanes) is 1. The molecule has 0 aliphatic rings. The zero-order chi connectivity index (χ0) is 21.9. The molecule has 1 aromatic rings. The second-order valence-electron chi connectivity index (χ2n) is 7.41. The number of amides is 1. The van der Waals surface area contributed by atoms with Crippen molar-refractivity contribution < 1.29 is 23.8 Å². The third-order valence-corrected chi connectivity index (χ3v) is 4.75. The Labute approximate surface area is 175 Å². The molecule has 29 heavy (non-hydrogen) atoms. The van der Waals surface area contributed by atoms with E-state index in [9.17, 15) is 9.59 Å². The highest BCUT2D eigenvalue weighted by molar-refractivity contribution is 5.99. The van der Waals surface area contributed by atoms with E-state index in [2.05, 4.69) is 12.2 Å². The third-order valence-electron chi connectivity index (χ3n) is 4.75. The van der Waals surface area contributed by atoms with Crippen LogP contribution >= 0.6 is 0 Å². The van der Waals surface area contributed by atoms with Crippen molar-refractivity contribution in [2.75, 3.05) is 18.5 Å². The van der Waals surface area contributed by atoms with Crippen molar-refractivity contribution in [3.8, 4) is 5.75 Å². The summed E-state index contributed by atoms with van der Waals surface area (Å²) >= 11 is 0. The maximum Gasteiger partial charge on any atom is 0.341 e. The van der Waals surface area contributed by atoms with Crippen LogP contribution in [0.3, 0.4) is 0 Å². The van der Waals surface area contributed by atoms with E-state index in [4.69, 9.17) is 14.2 Å². The van der Waals surface area contributed by atoms with Crippen molar-refractivity contribution in [3.63, 3.8) is 0 Å². The summed E-state index contributed by atoms with van der Waals surface area (Å²) in [6.45, 7) is 12.4. The molecule has 0 heterocycles. The lowest BCUT2D eigenvalue weighted by Crippen LogP contribution is -2.43. The monoisotopic (exact) mass is 407 g/mol. The topological polar surface area (TPSA) is 73.9 Å². The van der Waals surface area contributed by atoms with E-state index in [-0.39, 0.29) is 18.6 Å². The SMILES string of the molecule is CCCCC(C)(OCCC)C(=O)Nc1ccc(OC(C)CC)c(C(=O)OCC)c1. The van der Waals surface area contributed by atoms with Gasteiger partial charge in [-0.2, -0.15) is 0 Å². The van der Waals surface area contributed by atoms with Crippen molar-refractivity contribution in [2.24, 2.45) is 0 Å². The second-order valence-corrected chi connectivity index (χ2v) is 7.41. The Kier molecular flexibility index (Phi) is 10.7. The zero-order valence-corrected chi connectivity index (χ0v) is 18.8. The van der Waals surface area contributed by atoms with Crippen molar-refractivity contribution in [2.45, 2.75) is 85.4 Å². The predicted octanol–water partition coefficient (Wildman–Crippen LogP) is 5.35. The summed E-state index contributed by atoms with van der Waals surface area (Å²) in [6, 6.07) is 5.04. The van der Waals surface area contributed by atoms with Gasteiger partial charge in [-0.05, 0) is 58.2 Å². The number of hydrogen-bond acceptors (Lipinski definition) is 5. The summed E-state index contributed by atoms with van der Waals surface area (Å²) in [5, 5.41) is 2.90. The van der Waals surface area contributed by atoms with E-state index in [0.717, 1.165) is 25.7 Å². The van der Waals surface area contributed by atoms with Gasteiger partial charge in [0.05, 0.1) is 12.7 Å². The van der Waals surface area contributed by atoms with Gasteiger partial charge in [-0.3, -0.25) is 4.79 Å². The highest BCUT2D eigenvalue weighted by Gasteiger charge is 2.33. The van der Waals surface area contributed by atoms with Crippen LogP contribution < -0.4 is 10.1 Å². The molecule has 0 saturated carbocycles. The first-order valence-corrected chi connectivity index (χ1v) is 10.7. The highest BCUT2D eigenvalue weighted by Crippen LogP contribution is 2.27. The molecular formula is C23H37NO5. The van der Waals surface area contributed by atoms with Gasteiger partial charge < -0.3 is 19.5 Å². The Morgan fingerprint density at radius 2 is 1.86 bits per heavy atom. The average molecular weight is 408 g/mol. The van der Waals surface area contributed by atoms with E-state index in [0.29, 0.717) is 30.0 Å². The number of benzene rings is 1. The lowest BCUT2D eigenvalue weighted by molar-refractivity contribution is -0.140. The molecule has 6 nitrogen and oxygen atoms in total. The average Bonchev–Trinajstić information content (AvgIpc) is 2.71. The van der Waals surface area contributed by atoms with Crippen molar-refractivity contribution >= 4 is 17.6 Å². The summed E-state index contributed by atoms with van der Waals surface area (Å²) in [5.41, 5.74) is -0.103. The fourth-order valence-corrected chi connectivity index (χ4v) is 2.73. The van der Waals surface area contributed by atoms with Crippen molar-refractivity contribution in [1.29, 1.82) is 0 Å². The quantitative estimate of drug-likeness (QED) is 0.446. The minimum atomic E-state index is -0.915. The maximum atomic E-state index is 13.0. The first-order valence-electron chi connectivity index (χ1n) is 10.7. The molecule has 164 valence electrons. The molecule has 6 heteroatoms. The number of anilines is 1. The highest BCUT2D eigenvalue weighted by atomic mass is 16.5. The molecule has 1 aromatic carbocycles. The van der Waals surface area contributed by atoms with Gasteiger partial charge in [0.2, 0.25) is 0 Å². The smallest absolute Gasteiger partial charge is 0.341 e. The van der Waals surface area contributed by atoms with Gasteiger partial charge in [0.25, 0.3) is 5.91 Å². The molecule has 0 aliphatic heterocycles. The van der Waals surface area contributed by atoms with Gasteiger partial charge in [-0.1, -0.05) is 33.6 Å². The van der Waals surface area contributed by atoms with Crippen LogP contribution in [-0.4, -0.2) is 36.8 Å². The Hall–Kier alpha value is -2.08. The van der Waals surface area contributed by atoms with Crippen LogP contribution in [0.2, 0.25) is 0 Å². The maximum absolute atomic E-state index is 13.0. The van der Waals surface area contributed by atoms with Gasteiger partial charge in [0.15, 0.2) is 0 Å². The molecule has 0 aromatic heterocycles. The lowest BCUT2D eigenvalue weighted by atomic mass is 9.97. The van der Waals surface area contributed by atoms with Crippen LogP contribution in [0.4, 0.5) is 5.69 Å². The Balaban J connectivity index is 3.10. The van der Waals surface area contributed by atoms with E-state index in [1.54, 1.807) is 25.1 Å². The van der Waals surface area contributed by atoms with Gasteiger partial charge >= 0.3 is 5.97 Å². The summed E-state index contributed by atoms with van der Waals surface area (Å²) in [4.78, 5) is 25.4. The molecule has 2 unspecified atom stereocenters. The van der Waals surface area contributed by atoms with Crippen LogP contribution in [0.1, 0.15) is 84.0 Å².